The summed E-state index contributed by atoms with van der Waals surface area (Å²) in [6.45, 7) is 1.14. The van der Waals surface area contributed by atoms with E-state index in [2.05, 4.69) is 9.98 Å². The summed E-state index contributed by atoms with van der Waals surface area (Å²) in [5.74, 6) is -2.30. The third-order valence-electron chi connectivity index (χ3n) is 4.68. The van der Waals surface area contributed by atoms with Crippen molar-refractivity contribution in [2.24, 2.45) is 9.98 Å². The minimum absolute atomic E-state index is 0.265. The van der Waals surface area contributed by atoms with Gasteiger partial charge in [0.05, 0.1) is 6.61 Å². The van der Waals surface area contributed by atoms with E-state index in [0.717, 1.165) is 10.8 Å². The van der Waals surface area contributed by atoms with Gasteiger partial charge in [0.15, 0.2) is 5.84 Å². The highest BCUT2D eigenvalue weighted by Crippen LogP contribution is 2.39. The predicted octanol–water partition coefficient (Wildman–Crippen LogP) is 4.89. The first-order valence-electron chi connectivity index (χ1n) is 9.50. The van der Waals surface area contributed by atoms with Gasteiger partial charge in [-0.15, -0.1) is 0 Å². The molecule has 0 bridgehead atoms. The van der Waals surface area contributed by atoms with E-state index in [9.17, 15) is 18.0 Å². The maximum atomic E-state index is 14.2. The monoisotopic (exact) mass is 426 g/mol. The second-order valence-corrected chi connectivity index (χ2v) is 6.74. The van der Waals surface area contributed by atoms with E-state index >= 15 is 0 Å². The van der Waals surface area contributed by atoms with Crippen LogP contribution in [0.1, 0.15) is 18.1 Å². The molecule has 3 aromatic rings. The summed E-state index contributed by atoms with van der Waals surface area (Å²) in [6.07, 6.45) is -5.18. The Morgan fingerprint density at radius 3 is 2.32 bits per heavy atom. The fourth-order valence-corrected chi connectivity index (χ4v) is 3.17. The van der Waals surface area contributed by atoms with Crippen LogP contribution < -0.4 is 0 Å². The number of alkyl halides is 3. The van der Waals surface area contributed by atoms with Gasteiger partial charge in [0.2, 0.25) is 5.90 Å². The molecule has 0 saturated heterocycles. The van der Waals surface area contributed by atoms with Crippen LogP contribution in [0.5, 0.6) is 0 Å². The Labute approximate surface area is 175 Å². The molecule has 0 aromatic heterocycles. The third kappa shape index (κ3) is 3.76. The van der Waals surface area contributed by atoms with Crippen LogP contribution in [0.15, 0.2) is 82.8 Å². The van der Waals surface area contributed by atoms with E-state index in [1.54, 1.807) is 36.4 Å². The molecule has 0 fully saturated rings. The van der Waals surface area contributed by atoms with E-state index in [0.29, 0.717) is 5.56 Å². The van der Waals surface area contributed by atoms with Gasteiger partial charge < -0.3 is 9.47 Å². The lowest BCUT2D eigenvalue weighted by Gasteiger charge is -2.33. The Kier molecular flexibility index (Phi) is 5.22. The number of carbonyl (C=O) groups excluding carboxylic acids is 1. The van der Waals surface area contributed by atoms with E-state index in [1.165, 1.54) is 19.1 Å². The highest BCUT2D eigenvalue weighted by atomic mass is 19.4. The maximum Gasteiger partial charge on any atom is 0.463 e. The number of ether oxygens (including phenoxy) is 2. The zero-order valence-corrected chi connectivity index (χ0v) is 16.4. The van der Waals surface area contributed by atoms with E-state index < -0.39 is 17.9 Å². The fraction of sp³-hybridized carbons (Fsp3) is 0.174. The number of aliphatic imine (C=N–C) groups is 2. The number of benzene rings is 3. The van der Waals surface area contributed by atoms with Crippen molar-refractivity contribution in [3.8, 4) is 0 Å². The summed E-state index contributed by atoms with van der Waals surface area (Å²) < 4.78 is 52.5. The highest BCUT2D eigenvalue weighted by Gasteiger charge is 2.67. The Balaban J connectivity index is 1.93. The highest BCUT2D eigenvalue weighted by molar-refractivity contribution is 6.13. The van der Waals surface area contributed by atoms with Crippen molar-refractivity contribution in [1.82, 2.24) is 0 Å². The van der Waals surface area contributed by atoms with Gasteiger partial charge in [-0.05, 0) is 35.9 Å². The second-order valence-electron chi connectivity index (χ2n) is 6.74. The molecule has 0 spiro atoms. The van der Waals surface area contributed by atoms with Crippen LogP contribution in [0.3, 0.4) is 0 Å². The molecule has 4 rings (SSSR count). The number of amidine groups is 1. The molecule has 1 heterocycles. The molecule has 0 radical (unpaired) electrons. The van der Waals surface area contributed by atoms with Gasteiger partial charge >= 0.3 is 17.9 Å². The van der Waals surface area contributed by atoms with Crippen molar-refractivity contribution < 1.29 is 27.4 Å². The number of esters is 1. The molecule has 158 valence electrons. The van der Waals surface area contributed by atoms with Crippen molar-refractivity contribution in [3.63, 3.8) is 0 Å². The first-order chi connectivity index (χ1) is 14.8. The SMILES string of the molecule is CCOC(=O)C1(C(F)(F)F)N=C(c2ccc3ccccc3c2)N=C(c2ccccc2)O1. The molecule has 3 aromatic carbocycles. The molecule has 8 heteroatoms. The predicted molar refractivity (Wildman–Crippen MR) is 110 cm³/mol. The Morgan fingerprint density at radius 1 is 0.968 bits per heavy atom. The van der Waals surface area contributed by atoms with Gasteiger partial charge in [-0.1, -0.05) is 54.6 Å². The summed E-state index contributed by atoms with van der Waals surface area (Å²) in [4.78, 5) is 20.4. The van der Waals surface area contributed by atoms with E-state index in [1.807, 2.05) is 24.3 Å². The zero-order valence-electron chi connectivity index (χ0n) is 16.4. The Morgan fingerprint density at radius 2 is 1.65 bits per heavy atom. The molecular weight excluding hydrogens is 409 g/mol. The molecule has 0 aliphatic carbocycles. The van der Waals surface area contributed by atoms with Crippen molar-refractivity contribution in [2.45, 2.75) is 18.8 Å². The van der Waals surface area contributed by atoms with Crippen LogP contribution in [0.25, 0.3) is 10.8 Å². The van der Waals surface area contributed by atoms with Crippen molar-refractivity contribution in [1.29, 1.82) is 0 Å². The lowest BCUT2D eigenvalue weighted by molar-refractivity contribution is -0.255. The summed E-state index contributed by atoms with van der Waals surface area (Å²) in [5.41, 5.74) is -2.97. The van der Waals surface area contributed by atoms with Crippen molar-refractivity contribution in [3.05, 3.63) is 83.9 Å². The molecule has 1 unspecified atom stereocenters. The minimum Gasteiger partial charge on any atom is -0.461 e. The lowest BCUT2D eigenvalue weighted by Crippen LogP contribution is -2.56. The zero-order chi connectivity index (χ0) is 22.1. The average molecular weight is 426 g/mol. The minimum atomic E-state index is -5.18. The third-order valence-corrected chi connectivity index (χ3v) is 4.68. The maximum absolute atomic E-state index is 14.2. The number of hydrogen-bond acceptors (Lipinski definition) is 5. The normalized spacial score (nSPS) is 18.7. The number of halogens is 3. The molecule has 1 atom stereocenters. The summed E-state index contributed by atoms with van der Waals surface area (Å²) in [6, 6.07) is 20.4. The van der Waals surface area contributed by atoms with Crippen LogP contribution in [0, 0.1) is 0 Å². The number of nitrogens with zero attached hydrogens (tertiary/aromatic N) is 2. The molecule has 1 aliphatic rings. The quantitative estimate of drug-likeness (QED) is 0.559. The van der Waals surface area contributed by atoms with Crippen LogP contribution in [0.2, 0.25) is 0 Å². The van der Waals surface area contributed by atoms with Crippen LogP contribution in [-0.4, -0.2) is 36.2 Å². The Bertz CT molecular complexity index is 1190. The Hall–Kier alpha value is -3.68. The number of fused-ring (bicyclic) bond motifs is 1. The summed E-state index contributed by atoms with van der Waals surface area (Å²) in [7, 11) is 0. The van der Waals surface area contributed by atoms with Crippen LogP contribution >= 0.6 is 0 Å². The van der Waals surface area contributed by atoms with Crippen molar-refractivity contribution >= 4 is 28.5 Å². The molecule has 0 amide bonds. The second kappa shape index (κ2) is 7.86. The topological polar surface area (TPSA) is 60.2 Å². The van der Waals surface area contributed by atoms with E-state index in [4.69, 9.17) is 9.47 Å². The number of rotatable bonds is 4. The van der Waals surface area contributed by atoms with Gasteiger partial charge in [0.1, 0.15) is 0 Å². The van der Waals surface area contributed by atoms with E-state index in [-0.39, 0.29) is 23.9 Å². The first kappa shape index (κ1) is 20.6. The van der Waals surface area contributed by atoms with Gasteiger partial charge in [-0.2, -0.15) is 18.2 Å². The summed E-state index contributed by atoms with van der Waals surface area (Å²) >= 11 is 0. The molecule has 0 saturated carbocycles. The van der Waals surface area contributed by atoms with Gasteiger partial charge in [-0.25, -0.2) is 9.79 Å². The molecule has 0 N–H and O–H groups in total. The molecule has 1 aliphatic heterocycles. The molecule has 5 nitrogen and oxygen atoms in total. The molecule has 31 heavy (non-hydrogen) atoms. The number of hydrogen-bond donors (Lipinski definition) is 0. The smallest absolute Gasteiger partial charge is 0.461 e. The fourth-order valence-electron chi connectivity index (χ4n) is 3.17. The molecular formula is C23H17F3N2O3. The lowest BCUT2D eigenvalue weighted by atomic mass is 10.1. The summed E-state index contributed by atoms with van der Waals surface area (Å²) in [5, 5.41) is 1.69. The first-order valence-corrected chi connectivity index (χ1v) is 9.50. The van der Waals surface area contributed by atoms with Gasteiger partial charge in [0.25, 0.3) is 0 Å². The number of carbonyl (C=O) groups is 1. The standard InChI is InChI=1S/C23H17F3N2O3/c1-2-30-21(29)22(23(24,25)26)28-19(27-20(31-22)16-9-4-3-5-10-16)18-13-12-15-8-6-7-11-17(15)14-18/h3-14H,2H2,1H3. The van der Waals surface area contributed by atoms with Gasteiger partial charge in [0, 0.05) is 11.1 Å². The van der Waals surface area contributed by atoms with Crippen LogP contribution in [-0.2, 0) is 14.3 Å². The largest absolute Gasteiger partial charge is 0.463 e. The average Bonchev–Trinajstić information content (AvgIpc) is 2.78. The van der Waals surface area contributed by atoms with Crippen LogP contribution in [0.4, 0.5) is 13.2 Å². The van der Waals surface area contributed by atoms with Gasteiger partial charge in [-0.3, -0.25) is 0 Å². The van der Waals surface area contributed by atoms with Crippen molar-refractivity contribution in [2.75, 3.05) is 6.61 Å².